The fourth-order valence-electron chi connectivity index (χ4n) is 1.24. The summed E-state index contributed by atoms with van der Waals surface area (Å²) in [6.07, 6.45) is 5.16. The summed E-state index contributed by atoms with van der Waals surface area (Å²) < 4.78 is 15.7. The van der Waals surface area contributed by atoms with E-state index in [9.17, 15) is 0 Å². The largest absolute Gasteiger partial charge is 0.398 e. The molecule has 3 nitrogen and oxygen atoms in total. The molecule has 0 saturated heterocycles. The van der Waals surface area contributed by atoms with Crippen LogP contribution in [-0.4, -0.2) is 36.9 Å². The summed E-state index contributed by atoms with van der Waals surface area (Å²) in [5.74, 6) is 0. The predicted octanol–water partition coefficient (Wildman–Crippen LogP) is 1.70. The molecule has 0 bridgehead atoms. The van der Waals surface area contributed by atoms with E-state index in [4.69, 9.17) is 13.9 Å². The van der Waals surface area contributed by atoms with Crippen LogP contribution in [0.15, 0.2) is 0 Å². The molecule has 0 N–H and O–H groups in total. The first-order valence-electron chi connectivity index (χ1n) is 5.48. The molecule has 0 amide bonds. The summed E-state index contributed by atoms with van der Waals surface area (Å²) in [4.78, 5) is 0. The van der Waals surface area contributed by atoms with Gasteiger partial charge >= 0.3 is 0 Å². The highest BCUT2D eigenvalue weighted by Gasteiger charge is 2.05. The minimum atomic E-state index is -0.400. The van der Waals surface area contributed by atoms with Gasteiger partial charge in [0.2, 0.25) is 0 Å². The van der Waals surface area contributed by atoms with Crippen molar-refractivity contribution in [3.05, 3.63) is 0 Å². The Balaban J connectivity index is 3.15. The second kappa shape index (κ2) is 11.2. The fraction of sp³-hybridized carbons (Fsp3) is 1.00. The first-order chi connectivity index (χ1) is 6.85. The molecule has 0 aromatic carbocycles. The van der Waals surface area contributed by atoms with Gasteiger partial charge in [-0.15, -0.1) is 0 Å². The molecule has 4 heteroatoms. The van der Waals surface area contributed by atoms with Gasteiger partial charge in [-0.05, 0) is 6.04 Å². The molecule has 1 unspecified atom stereocenters. The van der Waals surface area contributed by atoms with Gasteiger partial charge in [0.25, 0.3) is 0 Å². The molecule has 86 valence electrons. The quantitative estimate of drug-likeness (QED) is 0.319. The van der Waals surface area contributed by atoms with Crippen LogP contribution < -0.4 is 0 Å². The number of hydrogen-bond donors (Lipinski definition) is 0. The maximum atomic E-state index is 5.60. The van der Waals surface area contributed by atoms with Crippen molar-refractivity contribution in [1.29, 1.82) is 0 Å². The summed E-state index contributed by atoms with van der Waals surface area (Å²) in [5, 5.41) is 0. The number of unbranched alkanes of at least 4 members (excludes halogenated alkanes) is 3. The van der Waals surface area contributed by atoms with Gasteiger partial charge in [0.15, 0.2) is 16.1 Å². The molecule has 0 spiro atoms. The van der Waals surface area contributed by atoms with Crippen molar-refractivity contribution in [2.75, 3.05) is 20.8 Å². The topological polar surface area (TPSA) is 27.7 Å². The van der Waals surface area contributed by atoms with E-state index < -0.39 is 9.76 Å². The first-order valence-corrected chi connectivity index (χ1v) is 7.06. The summed E-state index contributed by atoms with van der Waals surface area (Å²) in [6, 6.07) is 1.25. The van der Waals surface area contributed by atoms with Crippen LogP contribution in [0.25, 0.3) is 0 Å². The Morgan fingerprint density at radius 1 is 1.14 bits per heavy atom. The number of hydrogen-bond acceptors (Lipinski definition) is 3. The van der Waals surface area contributed by atoms with Crippen molar-refractivity contribution < 1.29 is 13.9 Å². The third kappa shape index (κ3) is 8.68. The molecule has 0 aromatic rings. The molecule has 0 fully saturated rings. The van der Waals surface area contributed by atoms with E-state index in [1.807, 2.05) is 0 Å². The Bertz CT molecular complexity index is 112. The van der Waals surface area contributed by atoms with E-state index in [1.54, 1.807) is 14.2 Å². The lowest BCUT2D eigenvalue weighted by Crippen LogP contribution is -2.22. The lowest BCUT2D eigenvalue weighted by atomic mass is 10.2. The molecule has 0 aliphatic rings. The molecule has 0 heterocycles. The van der Waals surface area contributed by atoms with Crippen molar-refractivity contribution in [1.82, 2.24) is 0 Å². The van der Waals surface area contributed by atoms with Gasteiger partial charge in [-0.3, -0.25) is 0 Å². The van der Waals surface area contributed by atoms with E-state index in [2.05, 4.69) is 6.92 Å². The smallest absolute Gasteiger partial charge is 0.170 e. The first kappa shape index (κ1) is 14.1. The Labute approximate surface area is 90.1 Å². The maximum absolute atomic E-state index is 5.60. The molecule has 0 saturated carbocycles. The lowest BCUT2D eigenvalue weighted by molar-refractivity contribution is -0.0928. The fourth-order valence-corrected chi connectivity index (χ4v) is 2.46. The molecular formula is C10H24O3Si. The second-order valence-corrected chi connectivity index (χ2v) is 4.85. The minimum Gasteiger partial charge on any atom is -0.398 e. The van der Waals surface area contributed by atoms with Crippen molar-refractivity contribution in [3.63, 3.8) is 0 Å². The van der Waals surface area contributed by atoms with Crippen LogP contribution in [0.1, 0.15) is 32.6 Å². The SMILES string of the molecule is CCCCCC[SiH2]OC(COC)OC. The molecule has 0 rings (SSSR count). The van der Waals surface area contributed by atoms with Crippen LogP contribution in [0.5, 0.6) is 0 Å². The van der Waals surface area contributed by atoms with Crippen LogP contribution in [-0.2, 0) is 13.9 Å². The molecule has 0 aliphatic heterocycles. The Morgan fingerprint density at radius 2 is 1.93 bits per heavy atom. The van der Waals surface area contributed by atoms with Gasteiger partial charge in [0.05, 0.1) is 6.61 Å². The van der Waals surface area contributed by atoms with Gasteiger partial charge < -0.3 is 13.9 Å². The van der Waals surface area contributed by atoms with Crippen molar-refractivity contribution in [2.24, 2.45) is 0 Å². The summed E-state index contributed by atoms with van der Waals surface area (Å²) in [5.41, 5.74) is 0. The van der Waals surface area contributed by atoms with Crippen LogP contribution in [0.4, 0.5) is 0 Å². The molecular weight excluding hydrogens is 196 g/mol. The predicted molar refractivity (Wildman–Crippen MR) is 61.3 cm³/mol. The van der Waals surface area contributed by atoms with E-state index in [0.29, 0.717) is 6.61 Å². The molecule has 0 radical (unpaired) electrons. The van der Waals surface area contributed by atoms with Crippen LogP contribution >= 0.6 is 0 Å². The summed E-state index contributed by atoms with van der Waals surface area (Å²) in [6.45, 7) is 2.77. The average Bonchev–Trinajstić information content (AvgIpc) is 2.21. The standard InChI is InChI=1S/C10H24O3Si/c1-4-5-6-7-8-14-13-10(12-3)9-11-2/h10H,4-9,14H2,1-3H3. The highest BCUT2D eigenvalue weighted by molar-refractivity contribution is 6.27. The van der Waals surface area contributed by atoms with E-state index in [0.717, 1.165) is 0 Å². The Kier molecular flexibility index (Phi) is 11.3. The van der Waals surface area contributed by atoms with Crippen molar-refractivity contribution in [3.8, 4) is 0 Å². The van der Waals surface area contributed by atoms with Gasteiger partial charge in [0.1, 0.15) is 0 Å². The Morgan fingerprint density at radius 3 is 2.50 bits per heavy atom. The Hall–Kier alpha value is 0.0969. The van der Waals surface area contributed by atoms with Gasteiger partial charge in [-0.1, -0.05) is 32.6 Å². The van der Waals surface area contributed by atoms with E-state index >= 15 is 0 Å². The molecule has 1 atom stereocenters. The van der Waals surface area contributed by atoms with Crippen molar-refractivity contribution in [2.45, 2.75) is 44.9 Å². The summed E-state index contributed by atoms with van der Waals surface area (Å²) >= 11 is 0. The highest BCUT2D eigenvalue weighted by atomic mass is 28.2. The third-order valence-corrected chi connectivity index (χ3v) is 3.51. The average molecular weight is 220 g/mol. The van der Waals surface area contributed by atoms with Crippen LogP contribution in [0.2, 0.25) is 6.04 Å². The normalized spacial score (nSPS) is 13.9. The van der Waals surface area contributed by atoms with Gasteiger partial charge in [-0.25, -0.2) is 0 Å². The lowest BCUT2D eigenvalue weighted by Gasteiger charge is -2.15. The highest BCUT2D eigenvalue weighted by Crippen LogP contribution is 2.03. The van der Waals surface area contributed by atoms with Crippen LogP contribution in [0, 0.1) is 0 Å². The van der Waals surface area contributed by atoms with E-state index in [-0.39, 0.29) is 6.29 Å². The molecule has 14 heavy (non-hydrogen) atoms. The number of methoxy groups -OCH3 is 2. The zero-order chi connectivity index (χ0) is 10.6. The zero-order valence-electron chi connectivity index (χ0n) is 9.75. The van der Waals surface area contributed by atoms with Crippen LogP contribution in [0.3, 0.4) is 0 Å². The molecule has 0 aromatic heterocycles. The van der Waals surface area contributed by atoms with Gasteiger partial charge in [0, 0.05) is 14.2 Å². The summed E-state index contributed by atoms with van der Waals surface area (Å²) in [7, 11) is 2.93. The third-order valence-electron chi connectivity index (χ3n) is 2.12. The number of rotatable bonds is 10. The zero-order valence-corrected chi connectivity index (χ0v) is 11.2. The van der Waals surface area contributed by atoms with E-state index in [1.165, 1.54) is 31.7 Å². The number of ether oxygens (including phenoxy) is 2. The second-order valence-electron chi connectivity index (χ2n) is 3.41. The molecule has 0 aliphatic carbocycles. The van der Waals surface area contributed by atoms with Crippen molar-refractivity contribution >= 4 is 9.76 Å². The maximum Gasteiger partial charge on any atom is 0.170 e. The monoisotopic (exact) mass is 220 g/mol. The van der Waals surface area contributed by atoms with Gasteiger partial charge in [-0.2, -0.15) is 0 Å². The minimum absolute atomic E-state index is 0.141.